The Morgan fingerprint density at radius 3 is 2.03 bits per heavy atom. The first-order valence-electron chi connectivity index (χ1n) is 10.8. The highest BCUT2D eigenvalue weighted by Gasteiger charge is 2.29. The molecule has 208 valence electrons. The van der Waals surface area contributed by atoms with Gasteiger partial charge in [-0.05, 0) is 32.6 Å². The highest BCUT2D eigenvalue weighted by molar-refractivity contribution is 8.14. The quantitative estimate of drug-likeness (QED) is 0.150. The number of carbonyl (C=O) groups is 6. The predicted molar refractivity (Wildman–Crippen MR) is 118 cm³/mol. The Kier molecular flexibility index (Phi) is 18.0. The topological polar surface area (TPSA) is 207 Å². The molecule has 0 saturated carbocycles. The van der Waals surface area contributed by atoms with Crippen molar-refractivity contribution >= 4 is 46.6 Å². The smallest absolute Gasteiger partial charge is 0.430 e. The van der Waals surface area contributed by atoms with Gasteiger partial charge in [-0.2, -0.15) is 13.2 Å². The van der Waals surface area contributed by atoms with Gasteiger partial charge in [0.25, 0.3) is 0 Å². The molecule has 12 nitrogen and oxygen atoms in total. The lowest BCUT2D eigenvalue weighted by Gasteiger charge is -2.19. The van der Waals surface area contributed by atoms with Crippen LogP contribution in [0, 0.1) is 0 Å². The zero-order valence-corrected chi connectivity index (χ0v) is 21.0. The number of hydrogen-bond donors (Lipinski definition) is 4. The summed E-state index contributed by atoms with van der Waals surface area (Å²) in [4.78, 5) is 67.6. The lowest BCUT2D eigenvalue weighted by molar-refractivity contribution is -0.368. The number of carbonyl (C=O) groups excluding carboxylic acids is 5. The second kappa shape index (κ2) is 18.4. The highest BCUT2D eigenvalue weighted by Crippen LogP contribution is 2.14. The van der Waals surface area contributed by atoms with Crippen LogP contribution in [0.4, 0.5) is 13.2 Å². The fourth-order valence-corrected chi connectivity index (χ4v) is 3.07. The van der Waals surface area contributed by atoms with Crippen molar-refractivity contribution < 1.29 is 62.6 Å². The molecule has 0 aliphatic rings. The molecule has 0 radical (unpaired) electrons. The lowest BCUT2D eigenvalue weighted by atomic mass is 10.1. The van der Waals surface area contributed by atoms with Crippen LogP contribution in [0.1, 0.15) is 52.4 Å². The minimum Gasteiger partial charge on any atom is -0.542 e. The number of methoxy groups -OCH3 is 1. The van der Waals surface area contributed by atoms with E-state index in [9.17, 15) is 42.3 Å². The Bertz CT molecular complexity index is 766. The SMILES string of the molecule is CCC(=O)SC(C)C(=O)N[C@H](CCC(=O)N[C@@H](CCCC[NH3+])C(=O)OC)C(=O)O.O=C([O-])C(F)(F)F. The molecule has 0 rings (SSSR count). The van der Waals surface area contributed by atoms with Crippen molar-refractivity contribution in [1.82, 2.24) is 10.6 Å². The Morgan fingerprint density at radius 2 is 1.61 bits per heavy atom. The maximum Gasteiger partial charge on any atom is 0.430 e. The van der Waals surface area contributed by atoms with Gasteiger partial charge in [0.1, 0.15) is 18.1 Å². The molecule has 0 aromatic heterocycles. The number of unbranched alkanes of at least 4 members (excludes halogenated alkanes) is 1. The Morgan fingerprint density at radius 1 is 1.06 bits per heavy atom. The first-order chi connectivity index (χ1) is 16.6. The third-order valence-corrected chi connectivity index (χ3v) is 5.41. The third kappa shape index (κ3) is 16.7. The van der Waals surface area contributed by atoms with Gasteiger partial charge in [-0.15, -0.1) is 0 Å². The van der Waals surface area contributed by atoms with Gasteiger partial charge in [-0.3, -0.25) is 14.4 Å². The van der Waals surface area contributed by atoms with E-state index in [0.717, 1.165) is 18.2 Å². The number of nitrogens with one attached hydrogen (secondary N) is 2. The fourth-order valence-electron chi connectivity index (χ4n) is 2.34. The van der Waals surface area contributed by atoms with Gasteiger partial charge in [0, 0.05) is 12.8 Å². The molecular weight excluding hydrogens is 515 g/mol. The van der Waals surface area contributed by atoms with Crippen molar-refractivity contribution in [2.75, 3.05) is 13.7 Å². The van der Waals surface area contributed by atoms with Crippen LogP contribution >= 0.6 is 11.8 Å². The van der Waals surface area contributed by atoms with E-state index >= 15 is 0 Å². The molecule has 36 heavy (non-hydrogen) atoms. The van der Waals surface area contributed by atoms with Gasteiger partial charge in [0.15, 0.2) is 5.12 Å². The molecule has 0 aliphatic heterocycles. The molecule has 2 amide bonds. The third-order valence-electron chi connectivity index (χ3n) is 4.29. The number of halogens is 3. The Labute approximate surface area is 209 Å². The summed E-state index contributed by atoms with van der Waals surface area (Å²) >= 11 is 0.830. The molecule has 1 unspecified atom stereocenters. The normalized spacial score (nSPS) is 13.2. The molecule has 0 heterocycles. The molecule has 0 spiro atoms. The van der Waals surface area contributed by atoms with Crippen LogP contribution in [-0.4, -0.2) is 77.1 Å². The van der Waals surface area contributed by atoms with Crippen molar-refractivity contribution in [2.45, 2.75) is 75.9 Å². The van der Waals surface area contributed by atoms with Gasteiger partial charge in [-0.1, -0.05) is 18.7 Å². The summed E-state index contributed by atoms with van der Waals surface area (Å²) in [5, 5.41) is 22.0. The van der Waals surface area contributed by atoms with Crippen molar-refractivity contribution in [3.05, 3.63) is 0 Å². The zero-order valence-electron chi connectivity index (χ0n) is 20.1. The van der Waals surface area contributed by atoms with E-state index in [-0.39, 0.29) is 24.4 Å². The number of amides is 2. The fraction of sp³-hybridized carbons (Fsp3) is 0.700. The molecule has 0 fully saturated rings. The summed E-state index contributed by atoms with van der Waals surface area (Å²) in [5.74, 6) is -5.97. The summed E-state index contributed by atoms with van der Waals surface area (Å²) < 4.78 is 36.2. The number of quaternary nitrogens is 1. The summed E-state index contributed by atoms with van der Waals surface area (Å²) in [6.45, 7) is 3.88. The number of rotatable bonds is 14. The second-order valence-electron chi connectivity index (χ2n) is 7.20. The number of carboxylic acid groups (broad SMARTS) is 2. The van der Waals surface area contributed by atoms with Gasteiger partial charge in [0.2, 0.25) is 11.8 Å². The highest BCUT2D eigenvalue weighted by atomic mass is 32.2. The number of hydrogen-bond acceptors (Lipinski definition) is 9. The molecule has 0 aromatic rings. The first-order valence-corrected chi connectivity index (χ1v) is 11.7. The van der Waals surface area contributed by atoms with Crippen LogP contribution in [0.2, 0.25) is 0 Å². The molecule has 0 aromatic carbocycles. The standard InChI is InChI=1S/C18H31N3O7S.C2HF3O2/c1-4-15(23)29-11(2)16(24)21-12(17(25)26)8-9-14(22)20-13(18(27)28-3)7-5-6-10-19;3-2(4,5)1(6)7/h11-13H,4-10,19H2,1-3H3,(H,20,22)(H,21,24)(H,25,26);(H,6,7)/t11?,12-,13+;/m1./s1. The lowest BCUT2D eigenvalue weighted by Crippen LogP contribution is -2.50. The van der Waals surface area contributed by atoms with E-state index in [0.29, 0.717) is 19.4 Å². The molecule has 0 aliphatic carbocycles. The Balaban J connectivity index is 0. The van der Waals surface area contributed by atoms with E-state index in [1.54, 1.807) is 6.92 Å². The molecule has 0 saturated heterocycles. The van der Waals surface area contributed by atoms with Crippen LogP contribution in [0.15, 0.2) is 0 Å². The number of ether oxygens (including phenoxy) is 1. The summed E-state index contributed by atoms with van der Waals surface area (Å²) in [6.07, 6.45) is -3.40. The molecule has 3 atom stereocenters. The minimum absolute atomic E-state index is 0.154. The molecule has 16 heteroatoms. The van der Waals surface area contributed by atoms with Crippen LogP contribution in [-0.2, 0) is 33.5 Å². The van der Waals surface area contributed by atoms with Crippen molar-refractivity contribution in [1.29, 1.82) is 0 Å². The first kappa shape index (κ1) is 35.3. The van der Waals surface area contributed by atoms with Crippen LogP contribution < -0.4 is 21.5 Å². The largest absolute Gasteiger partial charge is 0.542 e. The summed E-state index contributed by atoms with van der Waals surface area (Å²) in [6, 6.07) is -2.09. The second-order valence-corrected chi connectivity index (χ2v) is 8.60. The summed E-state index contributed by atoms with van der Waals surface area (Å²) in [7, 11) is 1.22. The van der Waals surface area contributed by atoms with Crippen LogP contribution in [0.5, 0.6) is 0 Å². The average molecular weight is 548 g/mol. The number of thioether (sulfide) groups is 1. The molecule has 6 N–H and O–H groups in total. The van der Waals surface area contributed by atoms with Crippen molar-refractivity contribution in [3.8, 4) is 0 Å². The van der Waals surface area contributed by atoms with Crippen molar-refractivity contribution in [3.63, 3.8) is 0 Å². The maximum absolute atomic E-state index is 12.2. The zero-order chi connectivity index (χ0) is 28.5. The summed E-state index contributed by atoms with van der Waals surface area (Å²) in [5.41, 5.74) is 3.72. The van der Waals surface area contributed by atoms with Gasteiger partial charge < -0.3 is 36.1 Å². The number of aliphatic carboxylic acids is 2. The van der Waals surface area contributed by atoms with Gasteiger partial charge in [-0.25, -0.2) is 9.59 Å². The number of esters is 1. The van der Waals surface area contributed by atoms with Crippen LogP contribution in [0.3, 0.4) is 0 Å². The van der Waals surface area contributed by atoms with Crippen LogP contribution in [0.25, 0.3) is 0 Å². The van der Waals surface area contributed by atoms with Crippen molar-refractivity contribution in [2.24, 2.45) is 0 Å². The molecular formula is C20H32F3N3O9S. The van der Waals surface area contributed by atoms with E-state index in [2.05, 4.69) is 21.1 Å². The van der Waals surface area contributed by atoms with Gasteiger partial charge in [0.05, 0.1) is 18.9 Å². The number of carboxylic acids is 2. The predicted octanol–water partition coefficient (Wildman–Crippen LogP) is -1.24. The maximum atomic E-state index is 12.2. The van der Waals surface area contributed by atoms with E-state index in [1.807, 2.05) is 0 Å². The average Bonchev–Trinajstić information content (AvgIpc) is 2.79. The van der Waals surface area contributed by atoms with E-state index in [4.69, 9.17) is 9.90 Å². The molecule has 0 bridgehead atoms. The Hall–Kier alpha value is -2.88. The number of alkyl halides is 3. The monoisotopic (exact) mass is 547 g/mol. The van der Waals surface area contributed by atoms with Gasteiger partial charge >= 0.3 is 18.1 Å². The van der Waals surface area contributed by atoms with E-state index < -0.39 is 53.2 Å². The minimum atomic E-state index is -5.19. The van der Waals surface area contributed by atoms with E-state index in [1.165, 1.54) is 14.0 Å².